The number of hydrogen-bond acceptors (Lipinski definition) is 5. The maximum atomic E-state index is 10.5. The molecule has 2 aromatic rings. The van der Waals surface area contributed by atoms with Gasteiger partial charge < -0.3 is 19.1 Å². The maximum Gasteiger partial charge on any atom is 0.161 e. The molecule has 1 atom stereocenters. The van der Waals surface area contributed by atoms with Crippen molar-refractivity contribution in [2.45, 2.75) is 57.3 Å². The number of ether oxygens (including phenoxy) is 2. The van der Waals surface area contributed by atoms with Crippen LogP contribution in [0.3, 0.4) is 0 Å². The second-order valence-corrected chi connectivity index (χ2v) is 7.60. The quantitative estimate of drug-likeness (QED) is 0.734. The van der Waals surface area contributed by atoms with Gasteiger partial charge >= 0.3 is 0 Å². The van der Waals surface area contributed by atoms with Gasteiger partial charge in [-0.1, -0.05) is 6.07 Å². The summed E-state index contributed by atoms with van der Waals surface area (Å²) in [5.41, 5.74) is 0.770. The van der Waals surface area contributed by atoms with Crippen molar-refractivity contribution in [1.29, 1.82) is 0 Å². The number of imidazole rings is 1. The van der Waals surface area contributed by atoms with Crippen LogP contribution in [0.5, 0.6) is 11.5 Å². The molecule has 0 radical (unpaired) electrons. The standard InChI is InChI=1S/C21H29N3O3/c1-2-26-19-14-17(15-24-10-3-4-20(24)21(25)7-8-21)5-6-18(19)27-13-12-23-11-9-22-16-23/h5-6,9,11,14,16,20,25H,2-4,7-8,10,12-13,15H2,1H3. The smallest absolute Gasteiger partial charge is 0.161 e. The lowest BCUT2D eigenvalue weighted by molar-refractivity contribution is 0.0481. The first kappa shape index (κ1) is 18.3. The third-order valence-corrected chi connectivity index (χ3v) is 5.61. The van der Waals surface area contributed by atoms with Gasteiger partial charge in [0.2, 0.25) is 0 Å². The highest BCUT2D eigenvalue weighted by molar-refractivity contribution is 5.43. The Morgan fingerprint density at radius 1 is 1.26 bits per heavy atom. The summed E-state index contributed by atoms with van der Waals surface area (Å²) in [4.78, 5) is 6.47. The Hall–Kier alpha value is -2.05. The van der Waals surface area contributed by atoms with Crippen LogP contribution in [0.2, 0.25) is 0 Å². The maximum absolute atomic E-state index is 10.5. The Morgan fingerprint density at radius 2 is 2.15 bits per heavy atom. The first-order chi connectivity index (χ1) is 13.2. The van der Waals surface area contributed by atoms with Gasteiger partial charge in [0.1, 0.15) is 6.61 Å². The van der Waals surface area contributed by atoms with E-state index >= 15 is 0 Å². The fourth-order valence-electron chi connectivity index (χ4n) is 4.04. The van der Waals surface area contributed by atoms with E-state index in [-0.39, 0.29) is 0 Å². The van der Waals surface area contributed by atoms with Crippen LogP contribution in [0.25, 0.3) is 0 Å². The van der Waals surface area contributed by atoms with Gasteiger partial charge in [0.15, 0.2) is 11.5 Å². The SMILES string of the molecule is CCOc1cc(CN2CCCC2C2(O)CC2)ccc1OCCn1ccnc1. The van der Waals surface area contributed by atoms with Crippen molar-refractivity contribution in [3.63, 3.8) is 0 Å². The molecule has 1 saturated carbocycles. The Balaban J connectivity index is 1.40. The third kappa shape index (κ3) is 4.28. The van der Waals surface area contributed by atoms with E-state index in [1.54, 1.807) is 12.5 Å². The molecule has 1 aromatic heterocycles. The van der Waals surface area contributed by atoms with Gasteiger partial charge in [0.05, 0.1) is 25.1 Å². The van der Waals surface area contributed by atoms with E-state index in [1.165, 1.54) is 12.0 Å². The molecule has 2 fully saturated rings. The lowest BCUT2D eigenvalue weighted by Crippen LogP contribution is -2.40. The van der Waals surface area contributed by atoms with Crippen molar-refractivity contribution in [1.82, 2.24) is 14.5 Å². The third-order valence-electron chi connectivity index (χ3n) is 5.61. The molecule has 146 valence electrons. The fraction of sp³-hybridized carbons (Fsp3) is 0.571. The van der Waals surface area contributed by atoms with Crippen LogP contribution >= 0.6 is 0 Å². The van der Waals surface area contributed by atoms with E-state index in [1.807, 2.05) is 23.8 Å². The number of aromatic nitrogens is 2. The van der Waals surface area contributed by atoms with Gasteiger partial charge in [0, 0.05) is 25.0 Å². The molecule has 0 amide bonds. The molecule has 2 heterocycles. The summed E-state index contributed by atoms with van der Waals surface area (Å²) >= 11 is 0. The zero-order chi connectivity index (χ0) is 18.7. The van der Waals surface area contributed by atoms with Crippen LogP contribution in [0, 0.1) is 0 Å². The zero-order valence-corrected chi connectivity index (χ0v) is 16.0. The molecule has 6 heteroatoms. The van der Waals surface area contributed by atoms with E-state index in [4.69, 9.17) is 9.47 Å². The number of aliphatic hydroxyl groups is 1. The summed E-state index contributed by atoms with van der Waals surface area (Å²) in [6, 6.07) is 6.51. The molecule has 6 nitrogen and oxygen atoms in total. The van der Waals surface area contributed by atoms with Crippen molar-refractivity contribution in [2.24, 2.45) is 0 Å². The van der Waals surface area contributed by atoms with Crippen molar-refractivity contribution >= 4 is 0 Å². The minimum atomic E-state index is -0.435. The molecule has 1 aliphatic heterocycles. The summed E-state index contributed by atoms with van der Waals surface area (Å²) < 4.78 is 13.8. The molecular weight excluding hydrogens is 342 g/mol. The van der Waals surface area contributed by atoms with Crippen LogP contribution in [0.15, 0.2) is 36.9 Å². The Bertz CT molecular complexity index is 743. The largest absolute Gasteiger partial charge is 0.490 e. The minimum Gasteiger partial charge on any atom is -0.490 e. The van der Waals surface area contributed by atoms with Gasteiger partial charge in [-0.05, 0) is 56.8 Å². The summed E-state index contributed by atoms with van der Waals surface area (Å²) in [7, 11) is 0. The first-order valence-electron chi connectivity index (χ1n) is 9.98. The summed E-state index contributed by atoms with van der Waals surface area (Å²) in [5.74, 6) is 1.57. The van der Waals surface area contributed by atoms with Gasteiger partial charge in [-0.25, -0.2) is 4.98 Å². The van der Waals surface area contributed by atoms with Gasteiger partial charge in [-0.3, -0.25) is 4.90 Å². The molecule has 1 N–H and O–H groups in total. The average molecular weight is 371 g/mol. The zero-order valence-electron chi connectivity index (χ0n) is 16.0. The summed E-state index contributed by atoms with van der Waals surface area (Å²) in [6.45, 7) is 5.81. The molecule has 0 spiro atoms. The molecule has 1 aromatic carbocycles. The lowest BCUT2D eigenvalue weighted by atomic mass is 10.1. The number of likely N-dealkylation sites (tertiary alicyclic amines) is 1. The van der Waals surface area contributed by atoms with Gasteiger partial charge in [-0.15, -0.1) is 0 Å². The monoisotopic (exact) mass is 371 g/mol. The normalized spacial score (nSPS) is 21.3. The van der Waals surface area contributed by atoms with Crippen LogP contribution < -0.4 is 9.47 Å². The highest BCUT2D eigenvalue weighted by Gasteiger charge is 2.51. The van der Waals surface area contributed by atoms with E-state index < -0.39 is 5.60 Å². The van der Waals surface area contributed by atoms with Crippen LogP contribution in [0.4, 0.5) is 0 Å². The molecular formula is C21H29N3O3. The first-order valence-corrected chi connectivity index (χ1v) is 9.98. The van der Waals surface area contributed by atoms with Crippen LogP contribution in [-0.4, -0.2) is 51.0 Å². The predicted molar refractivity (Wildman–Crippen MR) is 103 cm³/mol. The van der Waals surface area contributed by atoms with Crippen LogP contribution in [-0.2, 0) is 13.1 Å². The van der Waals surface area contributed by atoms with E-state index in [0.717, 1.165) is 50.4 Å². The Labute approximate surface area is 160 Å². The van der Waals surface area contributed by atoms with Gasteiger partial charge in [-0.2, -0.15) is 0 Å². The molecule has 27 heavy (non-hydrogen) atoms. The van der Waals surface area contributed by atoms with Crippen molar-refractivity contribution in [3.05, 3.63) is 42.5 Å². The van der Waals surface area contributed by atoms with E-state index in [9.17, 15) is 5.11 Å². The van der Waals surface area contributed by atoms with Gasteiger partial charge in [0.25, 0.3) is 0 Å². The molecule has 1 unspecified atom stereocenters. The molecule has 2 aliphatic rings. The Morgan fingerprint density at radius 3 is 2.89 bits per heavy atom. The second kappa shape index (κ2) is 7.90. The molecule has 0 bridgehead atoms. The molecule has 1 saturated heterocycles. The Kier molecular flexibility index (Phi) is 5.36. The minimum absolute atomic E-state index is 0.305. The number of benzene rings is 1. The summed E-state index contributed by atoms with van der Waals surface area (Å²) in [5, 5.41) is 10.5. The predicted octanol–water partition coefficient (Wildman–Crippen LogP) is 2.85. The average Bonchev–Trinajstić information content (AvgIpc) is 3.05. The van der Waals surface area contributed by atoms with Crippen LogP contribution in [0.1, 0.15) is 38.2 Å². The van der Waals surface area contributed by atoms with Crippen molar-refractivity contribution in [2.75, 3.05) is 19.8 Å². The number of hydrogen-bond donors (Lipinski definition) is 1. The topological polar surface area (TPSA) is 59.8 Å². The fourth-order valence-corrected chi connectivity index (χ4v) is 4.04. The number of rotatable bonds is 9. The number of nitrogens with zero attached hydrogens (tertiary/aromatic N) is 3. The summed E-state index contributed by atoms with van der Waals surface area (Å²) in [6.07, 6.45) is 9.64. The second-order valence-electron chi connectivity index (χ2n) is 7.60. The van der Waals surface area contributed by atoms with Crippen molar-refractivity contribution in [3.8, 4) is 11.5 Å². The molecule has 4 rings (SSSR count). The molecule has 1 aliphatic carbocycles. The highest BCUT2D eigenvalue weighted by Crippen LogP contribution is 2.45. The lowest BCUT2D eigenvalue weighted by Gasteiger charge is -2.29. The highest BCUT2D eigenvalue weighted by atomic mass is 16.5. The van der Waals surface area contributed by atoms with E-state index in [0.29, 0.717) is 19.3 Å². The van der Waals surface area contributed by atoms with E-state index in [2.05, 4.69) is 22.0 Å². The van der Waals surface area contributed by atoms with Crippen molar-refractivity contribution < 1.29 is 14.6 Å².